The predicted octanol–water partition coefficient (Wildman–Crippen LogP) is 1.66. The number of carbonyl (C=O) groups is 1. The van der Waals surface area contributed by atoms with Crippen molar-refractivity contribution in [2.75, 3.05) is 0 Å². The molecule has 1 unspecified atom stereocenters. The highest BCUT2D eigenvalue weighted by atomic mass is 16.6. The summed E-state index contributed by atoms with van der Waals surface area (Å²) < 4.78 is 5.20. The molecule has 2 rings (SSSR count). The van der Waals surface area contributed by atoms with Gasteiger partial charge < -0.3 is 14.9 Å². The van der Waals surface area contributed by atoms with E-state index in [1.54, 1.807) is 6.08 Å². The average Bonchev–Trinajstić information content (AvgIpc) is 2.91. The first-order valence-electron chi connectivity index (χ1n) is 7.66. The lowest BCUT2D eigenvalue weighted by Crippen LogP contribution is -2.20. The number of aliphatic hydroxyl groups excluding tert-OH is 2. The third-order valence-corrected chi connectivity index (χ3v) is 4.59. The van der Waals surface area contributed by atoms with Crippen molar-refractivity contribution in [1.29, 1.82) is 0 Å². The first kappa shape index (κ1) is 16.1. The molecular formula is C17H24O4. The molecule has 0 aromatic heterocycles. The summed E-state index contributed by atoms with van der Waals surface area (Å²) in [5, 5.41) is 20.2. The second-order valence-electron chi connectivity index (χ2n) is 6.09. The number of fused-ring (bicyclic) bond motifs is 1. The Morgan fingerprint density at radius 1 is 1.52 bits per heavy atom. The van der Waals surface area contributed by atoms with E-state index in [2.05, 4.69) is 11.8 Å². The van der Waals surface area contributed by atoms with Gasteiger partial charge in [-0.15, -0.1) is 11.8 Å². The Morgan fingerprint density at radius 2 is 2.29 bits per heavy atom. The average molecular weight is 292 g/mol. The summed E-state index contributed by atoms with van der Waals surface area (Å²) in [4.78, 5) is 11.3. The Labute approximate surface area is 126 Å². The molecule has 2 N–H and O–H groups in total. The molecule has 0 aromatic rings. The summed E-state index contributed by atoms with van der Waals surface area (Å²) >= 11 is 0. The smallest absolute Gasteiger partial charge is 0.306 e. The number of hydrogen-bond donors (Lipinski definition) is 2. The summed E-state index contributed by atoms with van der Waals surface area (Å²) in [6, 6.07) is 0. The molecule has 1 saturated carbocycles. The minimum absolute atomic E-state index is 0.0530. The van der Waals surface area contributed by atoms with Crippen LogP contribution in [-0.2, 0) is 9.53 Å². The van der Waals surface area contributed by atoms with Crippen molar-refractivity contribution in [2.45, 2.75) is 57.8 Å². The topological polar surface area (TPSA) is 66.8 Å². The molecular weight excluding hydrogens is 268 g/mol. The first-order chi connectivity index (χ1) is 10.0. The third-order valence-electron chi connectivity index (χ3n) is 4.59. The van der Waals surface area contributed by atoms with Crippen molar-refractivity contribution >= 4 is 5.97 Å². The summed E-state index contributed by atoms with van der Waals surface area (Å²) in [5.41, 5.74) is 0. The van der Waals surface area contributed by atoms with E-state index < -0.39 is 12.2 Å². The lowest BCUT2D eigenvalue weighted by atomic mass is 9.90. The van der Waals surface area contributed by atoms with Crippen LogP contribution in [0.5, 0.6) is 0 Å². The van der Waals surface area contributed by atoms with E-state index in [0.29, 0.717) is 12.8 Å². The molecule has 116 valence electrons. The molecule has 0 radical (unpaired) electrons. The molecule has 4 nitrogen and oxygen atoms in total. The van der Waals surface area contributed by atoms with E-state index in [1.807, 2.05) is 19.9 Å². The zero-order chi connectivity index (χ0) is 15.4. The molecule has 1 heterocycles. The van der Waals surface area contributed by atoms with Crippen molar-refractivity contribution in [3.8, 4) is 11.8 Å². The molecule has 4 heteroatoms. The molecule has 21 heavy (non-hydrogen) atoms. The van der Waals surface area contributed by atoms with Crippen molar-refractivity contribution in [3.05, 3.63) is 12.2 Å². The Hall–Kier alpha value is -1.31. The number of ether oxygens (including phenoxy) is 1. The van der Waals surface area contributed by atoms with E-state index in [1.165, 1.54) is 0 Å². The molecule has 1 aliphatic heterocycles. The molecule has 2 fully saturated rings. The predicted molar refractivity (Wildman–Crippen MR) is 79.1 cm³/mol. The summed E-state index contributed by atoms with van der Waals surface area (Å²) in [6.45, 7) is 3.80. The van der Waals surface area contributed by atoms with Crippen LogP contribution in [0, 0.1) is 29.6 Å². The molecule has 2 aliphatic rings. The molecule has 1 aliphatic carbocycles. The van der Waals surface area contributed by atoms with Gasteiger partial charge in [0.25, 0.3) is 0 Å². The van der Waals surface area contributed by atoms with E-state index in [-0.39, 0.29) is 29.8 Å². The van der Waals surface area contributed by atoms with Gasteiger partial charge in [0, 0.05) is 24.7 Å². The highest BCUT2D eigenvalue weighted by molar-refractivity contribution is 5.72. The van der Waals surface area contributed by atoms with Gasteiger partial charge in [-0.2, -0.15) is 0 Å². The monoisotopic (exact) mass is 292 g/mol. The van der Waals surface area contributed by atoms with Gasteiger partial charge in [0.1, 0.15) is 6.10 Å². The maximum Gasteiger partial charge on any atom is 0.306 e. The van der Waals surface area contributed by atoms with Crippen LogP contribution in [0.3, 0.4) is 0 Å². The van der Waals surface area contributed by atoms with Gasteiger partial charge in [0.2, 0.25) is 0 Å². The fraction of sp³-hybridized carbons (Fsp3) is 0.706. The molecule has 0 bridgehead atoms. The van der Waals surface area contributed by atoms with Crippen LogP contribution in [-0.4, -0.2) is 34.5 Å². The van der Waals surface area contributed by atoms with Crippen LogP contribution in [0.2, 0.25) is 0 Å². The fourth-order valence-electron chi connectivity index (χ4n) is 3.21. The van der Waals surface area contributed by atoms with E-state index in [4.69, 9.17) is 4.74 Å². The van der Waals surface area contributed by atoms with Crippen LogP contribution < -0.4 is 0 Å². The van der Waals surface area contributed by atoms with E-state index >= 15 is 0 Å². The zero-order valence-corrected chi connectivity index (χ0v) is 12.7. The van der Waals surface area contributed by atoms with Crippen molar-refractivity contribution in [1.82, 2.24) is 0 Å². The normalized spacial score (nSPS) is 34.2. The maximum atomic E-state index is 11.3. The minimum atomic E-state index is -0.548. The van der Waals surface area contributed by atoms with Gasteiger partial charge in [0.15, 0.2) is 0 Å². The van der Waals surface area contributed by atoms with E-state index in [9.17, 15) is 15.0 Å². The Morgan fingerprint density at radius 3 is 3.00 bits per heavy atom. The van der Waals surface area contributed by atoms with Crippen LogP contribution in [0.1, 0.15) is 39.5 Å². The molecule has 0 spiro atoms. The number of carbonyl (C=O) groups excluding carboxylic acids is 1. The Bertz CT molecular complexity index is 459. The Balaban J connectivity index is 1.89. The van der Waals surface area contributed by atoms with Crippen LogP contribution in [0.4, 0.5) is 0 Å². The standard InChI is InChI=1S/C17H24O4/c1-3-4-5-6-11(2)14(18)8-7-12-13-9-17(20)21-16(13)10-15(12)19/h7-8,11-16,18-19H,5-6,9-10H2,1-2H3/t11?,12-,13-,14-,15-,16+/m1/s1. The van der Waals surface area contributed by atoms with E-state index in [0.717, 1.165) is 12.8 Å². The van der Waals surface area contributed by atoms with Crippen LogP contribution in [0.15, 0.2) is 12.2 Å². The SMILES string of the molecule is CC#CCCC(C)[C@H](O)C=C[C@@H]1[C@H]2CC(=O)O[C@H]2C[C@H]1O. The van der Waals surface area contributed by atoms with Gasteiger partial charge in [0.05, 0.1) is 18.6 Å². The highest BCUT2D eigenvalue weighted by Crippen LogP contribution is 2.42. The summed E-state index contributed by atoms with van der Waals surface area (Å²) in [5.74, 6) is 5.74. The molecule has 0 amide bonds. The lowest BCUT2D eigenvalue weighted by molar-refractivity contribution is -0.141. The van der Waals surface area contributed by atoms with Gasteiger partial charge in [-0.3, -0.25) is 4.79 Å². The zero-order valence-electron chi connectivity index (χ0n) is 12.7. The fourth-order valence-corrected chi connectivity index (χ4v) is 3.21. The molecule has 6 atom stereocenters. The summed E-state index contributed by atoms with van der Waals surface area (Å²) in [6.07, 6.45) is 4.92. The minimum Gasteiger partial charge on any atom is -0.462 e. The molecule has 1 saturated heterocycles. The van der Waals surface area contributed by atoms with Crippen molar-refractivity contribution in [3.63, 3.8) is 0 Å². The maximum absolute atomic E-state index is 11.3. The van der Waals surface area contributed by atoms with Crippen LogP contribution >= 0.6 is 0 Å². The number of hydrogen-bond acceptors (Lipinski definition) is 4. The quantitative estimate of drug-likeness (QED) is 0.459. The third kappa shape index (κ3) is 3.87. The van der Waals surface area contributed by atoms with Crippen molar-refractivity contribution in [2.24, 2.45) is 17.8 Å². The number of rotatable bonds is 5. The first-order valence-corrected chi connectivity index (χ1v) is 7.66. The molecule has 0 aromatic carbocycles. The van der Waals surface area contributed by atoms with Crippen LogP contribution in [0.25, 0.3) is 0 Å². The van der Waals surface area contributed by atoms with Gasteiger partial charge in [-0.25, -0.2) is 0 Å². The number of esters is 1. The largest absolute Gasteiger partial charge is 0.462 e. The second-order valence-corrected chi connectivity index (χ2v) is 6.09. The van der Waals surface area contributed by atoms with Crippen molar-refractivity contribution < 1.29 is 19.7 Å². The van der Waals surface area contributed by atoms with Gasteiger partial charge >= 0.3 is 5.97 Å². The Kier molecular flexibility index (Phi) is 5.44. The highest BCUT2D eigenvalue weighted by Gasteiger charge is 2.48. The van der Waals surface area contributed by atoms with Gasteiger partial charge in [-0.05, 0) is 19.3 Å². The van der Waals surface area contributed by atoms with Gasteiger partial charge in [-0.1, -0.05) is 19.1 Å². The lowest BCUT2D eigenvalue weighted by Gasteiger charge is -2.18. The second kappa shape index (κ2) is 7.11. The number of aliphatic hydroxyl groups is 2. The summed E-state index contributed by atoms with van der Waals surface area (Å²) in [7, 11) is 0.